The number of hydrazone groups is 1. The molecular weight excluding hydrogens is 497 g/mol. The van der Waals surface area contributed by atoms with Crippen molar-refractivity contribution in [2.75, 3.05) is 6.67 Å². The summed E-state index contributed by atoms with van der Waals surface area (Å²) in [5, 5.41) is 15.4. The zero-order valence-electron chi connectivity index (χ0n) is 23.1. The van der Waals surface area contributed by atoms with Crippen molar-refractivity contribution in [3.8, 4) is 6.07 Å². The van der Waals surface area contributed by atoms with Crippen LogP contribution in [0.4, 0.5) is 4.39 Å². The van der Waals surface area contributed by atoms with E-state index in [1.165, 1.54) is 6.08 Å². The Morgan fingerprint density at radius 3 is 2.77 bits per heavy atom. The number of nitrogens with two attached hydrogens (primary N) is 1. The van der Waals surface area contributed by atoms with Gasteiger partial charge in [-0.05, 0) is 81.6 Å². The predicted molar refractivity (Wildman–Crippen MR) is 148 cm³/mol. The summed E-state index contributed by atoms with van der Waals surface area (Å²) < 4.78 is 21.3. The number of nitrogens with zero attached hydrogens (tertiary/aromatic N) is 4. The van der Waals surface area contributed by atoms with Crippen LogP contribution in [0.25, 0.3) is 0 Å². The van der Waals surface area contributed by atoms with E-state index in [-0.39, 0.29) is 30.4 Å². The van der Waals surface area contributed by atoms with Crippen molar-refractivity contribution in [2.45, 2.75) is 84.2 Å². The molecule has 4 aliphatic rings. The molecule has 0 aromatic carbocycles. The number of hydrogen-bond donors (Lipinski definition) is 1. The summed E-state index contributed by atoms with van der Waals surface area (Å²) in [5.74, 6) is -1.88. The van der Waals surface area contributed by atoms with E-state index in [4.69, 9.17) is 10.5 Å². The topological polar surface area (TPSA) is 121 Å². The summed E-state index contributed by atoms with van der Waals surface area (Å²) in [7, 11) is 0. The van der Waals surface area contributed by atoms with E-state index in [1.807, 2.05) is 19.1 Å². The number of amidine groups is 1. The van der Waals surface area contributed by atoms with Crippen molar-refractivity contribution in [3.63, 3.8) is 0 Å². The number of ether oxygens (including phenoxy) is 1. The standard InChI is InChI=1S/C30H38FN5O3/c1-20-16-34-19-36(17-20)35-27(33)14-23-26(37)15-30(39-28(23)38,22-8-4-5-9-22)12-11-21-7-6-10-24(25(31)13-21)29(2,3)18-32/h6-7,13,16-17,22-23H,4-5,8-12,14-15,19H2,1-3H3,(H2,33,35). The number of Topliss-reactive ketones (excluding diaryl/α,β-unsaturated/α-hetero) is 1. The van der Waals surface area contributed by atoms with Gasteiger partial charge in [0, 0.05) is 25.3 Å². The fraction of sp³-hybridized carbons (Fsp3) is 0.567. The third-order valence-corrected chi connectivity index (χ3v) is 8.22. The maximum absolute atomic E-state index is 15.1. The number of rotatable bonds is 8. The molecule has 2 fully saturated rings. The normalized spacial score (nSPS) is 26.8. The zero-order chi connectivity index (χ0) is 28.2. The van der Waals surface area contributed by atoms with Crippen molar-refractivity contribution in [3.05, 3.63) is 47.0 Å². The third-order valence-electron chi connectivity index (χ3n) is 8.22. The predicted octanol–water partition coefficient (Wildman–Crippen LogP) is 5.40. The minimum absolute atomic E-state index is 0.00708. The monoisotopic (exact) mass is 535 g/mol. The molecule has 9 heteroatoms. The maximum Gasteiger partial charge on any atom is 0.317 e. The quantitative estimate of drug-likeness (QED) is 0.192. The molecule has 0 bridgehead atoms. The Kier molecular flexibility index (Phi) is 8.53. The number of ketones is 1. The second-order valence-electron chi connectivity index (χ2n) is 11.6. The molecule has 0 spiro atoms. The molecule has 2 aliphatic carbocycles. The molecule has 39 heavy (non-hydrogen) atoms. The number of esters is 1. The van der Waals surface area contributed by atoms with Crippen LogP contribution in [0.5, 0.6) is 0 Å². The molecule has 0 amide bonds. The SMILES string of the molecule is CC1=CN(/N=C(\N)CC2C(=O)CC(CCC3=CC(F)=C(C(C)(C)C#N)CC=C3)(C3CCCC3)OC2=O)CN=C1. The number of hydrogen-bond acceptors (Lipinski definition) is 7. The number of carbonyl (C=O) groups excluding carboxylic acids is 2. The molecule has 2 atom stereocenters. The van der Waals surface area contributed by atoms with E-state index < -0.39 is 28.7 Å². The van der Waals surface area contributed by atoms with Crippen LogP contribution in [-0.2, 0) is 14.3 Å². The first-order chi connectivity index (χ1) is 18.5. The molecule has 2 heterocycles. The van der Waals surface area contributed by atoms with Crippen molar-refractivity contribution in [2.24, 2.45) is 33.1 Å². The van der Waals surface area contributed by atoms with E-state index in [2.05, 4.69) is 16.2 Å². The number of nitriles is 1. The Labute approximate surface area is 229 Å². The number of allylic oxidation sites excluding steroid dienone is 7. The lowest BCUT2D eigenvalue weighted by Gasteiger charge is -2.43. The first-order valence-corrected chi connectivity index (χ1v) is 13.7. The Balaban J connectivity index is 1.50. The molecule has 0 radical (unpaired) electrons. The van der Waals surface area contributed by atoms with Crippen LogP contribution in [0.2, 0.25) is 0 Å². The van der Waals surface area contributed by atoms with Gasteiger partial charge < -0.3 is 10.5 Å². The van der Waals surface area contributed by atoms with Crippen molar-refractivity contribution in [1.29, 1.82) is 5.26 Å². The number of cyclic esters (lactones) is 1. The molecular formula is C30H38FN5O3. The summed E-state index contributed by atoms with van der Waals surface area (Å²) >= 11 is 0. The van der Waals surface area contributed by atoms with Gasteiger partial charge in [0.15, 0.2) is 5.78 Å². The molecule has 4 rings (SSSR count). The molecule has 8 nitrogen and oxygen atoms in total. The lowest BCUT2D eigenvalue weighted by molar-refractivity contribution is -0.185. The van der Waals surface area contributed by atoms with Crippen LogP contribution in [0.15, 0.2) is 57.1 Å². The van der Waals surface area contributed by atoms with Gasteiger partial charge in [-0.2, -0.15) is 10.4 Å². The van der Waals surface area contributed by atoms with Gasteiger partial charge in [-0.1, -0.05) is 25.0 Å². The fourth-order valence-electron chi connectivity index (χ4n) is 5.99. The third kappa shape index (κ3) is 6.55. The van der Waals surface area contributed by atoms with Gasteiger partial charge in [-0.25, -0.2) is 9.40 Å². The summed E-state index contributed by atoms with van der Waals surface area (Å²) in [6.07, 6.45) is 13.9. The van der Waals surface area contributed by atoms with Gasteiger partial charge in [0.05, 0.1) is 11.5 Å². The van der Waals surface area contributed by atoms with Crippen LogP contribution >= 0.6 is 0 Å². The summed E-state index contributed by atoms with van der Waals surface area (Å²) in [5.41, 5.74) is 6.43. The summed E-state index contributed by atoms with van der Waals surface area (Å²) in [4.78, 5) is 30.9. The fourth-order valence-corrected chi connectivity index (χ4v) is 5.99. The Bertz CT molecular complexity index is 1210. The van der Waals surface area contributed by atoms with E-state index in [0.29, 0.717) is 31.5 Å². The van der Waals surface area contributed by atoms with Gasteiger partial charge in [0.25, 0.3) is 0 Å². The average molecular weight is 536 g/mol. The molecule has 208 valence electrons. The maximum atomic E-state index is 15.1. The molecule has 0 aromatic rings. The highest BCUT2D eigenvalue weighted by Gasteiger charge is 2.51. The van der Waals surface area contributed by atoms with E-state index in [1.54, 1.807) is 31.3 Å². The summed E-state index contributed by atoms with van der Waals surface area (Å²) in [6, 6.07) is 2.18. The van der Waals surface area contributed by atoms with Crippen LogP contribution in [-0.4, -0.2) is 41.1 Å². The van der Waals surface area contributed by atoms with Crippen molar-refractivity contribution in [1.82, 2.24) is 5.01 Å². The molecule has 2 N–H and O–H groups in total. The average Bonchev–Trinajstić information content (AvgIpc) is 3.36. The van der Waals surface area contributed by atoms with Gasteiger partial charge in [0.2, 0.25) is 0 Å². The van der Waals surface area contributed by atoms with Gasteiger partial charge in [-0.3, -0.25) is 14.6 Å². The van der Waals surface area contributed by atoms with Gasteiger partial charge >= 0.3 is 5.97 Å². The van der Waals surface area contributed by atoms with Gasteiger partial charge in [0.1, 0.15) is 29.9 Å². The largest absolute Gasteiger partial charge is 0.458 e. The van der Waals surface area contributed by atoms with Crippen LogP contribution in [0, 0.1) is 28.6 Å². The highest BCUT2D eigenvalue weighted by Crippen LogP contribution is 2.46. The Morgan fingerprint density at radius 2 is 2.10 bits per heavy atom. The Morgan fingerprint density at radius 1 is 1.36 bits per heavy atom. The molecule has 1 saturated heterocycles. The number of aliphatic imine (C=N–C) groups is 1. The Hall–Kier alpha value is -3.54. The first kappa shape index (κ1) is 28.5. The highest BCUT2D eigenvalue weighted by molar-refractivity contribution is 6.04. The molecule has 1 saturated carbocycles. The molecule has 0 aromatic heterocycles. The van der Waals surface area contributed by atoms with Crippen molar-refractivity contribution >= 4 is 23.8 Å². The van der Waals surface area contributed by atoms with Crippen LogP contribution in [0.3, 0.4) is 0 Å². The van der Waals surface area contributed by atoms with E-state index >= 15 is 4.39 Å². The zero-order valence-corrected chi connectivity index (χ0v) is 23.1. The number of halogens is 1. The number of carbonyl (C=O) groups is 2. The van der Waals surface area contributed by atoms with Crippen LogP contribution in [0.1, 0.15) is 78.6 Å². The van der Waals surface area contributed by atoms with Gasteiger partial charge in [-0.15, -0.1) is 0 Å². The lowest BCUT2D eigenvalue weighted by atomic mass is 9.73. The smallest absolute Gasteiger partial charge is 0.317 e. The second-order valence-corrected chi connectivity index (χ2v) is 11.6. The lowest BCUT2D eigenvalue weighted by Crippen LogP contribution is -2.52. The van der Waals surface area contributed by atoms with E-state index in [9.17, 15) is 14.9 Å². The van der Waals surface area contributed by atoms with Crippen LogP contribution < -0.4 is 5.73 Å². The highest BCUT2D eigenvalue weighted by atomic mass is 19.1. The van der Waals surface area contributed by atoms with E-state index in [0.717, 1.165) is 36.8 Å². The van der Waals surface area contributed by atoms with Crippen molar-refractivity contribution < 1.29 is 18.7 Å². The minimum Gasteiger partial charge on any atom is -0.458 e. The second kappa shape index (κ2) is 11.7. The first-order valence-electron chi connectivity index (χ1n) is 13.7. The molecule has 2 aliphatic heterocycles. The summed E-state index contributed by atoms with van der Waals surface area (Å²) in [6.45, 7) is 5.64. The molecule has 2 unspecified atom stereocenters. The minimum atomic E-state index is -0.991.